The highest BCUT2D eigenvalue weighted by Gasteiger charge is 2.26. The van der Waals surface area contributed by atoms with E-state index in [0.29, 0.717) is 19.0 Å². The van der Waals surface area contributed by atoms with Gasteiger partial charge >= 0.3 is 6.03 Å². The van der Waals surface area contributed by atoms with Crippen LogP contribution in [-0.2, 0) is 0 Å². The van der Waals surface area contributed by atoms with E-state index in [0.717, 1.165) is 35.8 Å². The molecule has 4 rings (SSSR count). The van der Waals surface area contributed by atoms with Crippen molar-refractivity contribution >= 4 is 39.5 Å². The number of fused-ring (bicyclic) bond motifs is 1. The fourth-order valence-corrected chi connectivity index (χ4v) is 3.43. The molecule has 1 aliphatic carbocycles. The number of rotatable bonds is 3. The number of urea groups is 1. The van der Waals surface area contributed by atoms with E-state index < -0.39 is 0 Å². The van der Waals surface area contributed by atoms with Crippen LogP contribution in [0.25, 0.3) is 10.3 Å². The van der Waals surface area contributed by atoms with Crippen LogP contribution in [-0.4, -0.2) is 58.6 Å². The number of carbonyl (C=O) groups is 1. The maximum Gasteiger partial charge on any atom is 0.317 e. The average molecular weight is 333 g/mol. The molecule has 0 radical (unpaired) electrons. The smallest absolute Gasteiger partial charge is 0.317 e. The number of piperazine rings is 1. The van der Waals surface area contributed by atoms with Gasteiger partial charge in [0.1, 0.15) is 5.52 Å². The van der Waals surface area contributed by atoms with Crippen LogP contribution in [0.2, 0.25) is 0 Å². The number of aromatic nitrogens is 3. The molecular weight excluding hydrogens is 314 g/mol. The van der Waals surface area contributed by atoms with E-state index in [-0.39, 0.29) is 12.0 Å². The van der Waals surface area contributed by atoms with Crippen LogP contribution in [0.5, 0.6) is 0 Å². The zero-order valence-corrected chi connectivity index (χ0v) is 13.6. The van der Waals surface area contributed by atoms with Gasteiger partial charge in [-0.15, -0.1) is 11.3 Å². The Morgan fingerprint density at radius 1 is 1.30 bits per heavy atom. The van der Waals surface area contributed by atoms with Crippen LogP contribution in [0.15, 0.2) is 5.51 Å². The van der Waals surface area contributed by atoms with Crippen molar-refractivity contribution in [1.29, 1.82) is 0 Å². The summed E-state index contributed by atoms with van der Waals surface area (Å²) in [5.41, 5.74) is 8.34. The Bertz CT molecular complexity index is 721. The first-order chi connectivity index (χ1) is 11.2. The maximum absolute atomic E-state index is 12.1. The van der Waals surface area contributed by atoms with Crippen LogP contribution in [0.3, 0.4) is 0 Å². The van der Waals surface area contributed by atoms with Gasteiger partial charge in [-0.1, -0.05) is 0 Å². The fraction of sp³-hybridized carbons (Fsp3) is 0.571. The summed E-state index contributed by atoms with van der Waals surface area (Å²) in [4.78, 5) is 29.8. The van der Waals surface area contributed by atoms with E-state index in [1.807, 2.05) is 4.90 Å². The molecule has 0 bridgehead atoms. The zero-order chi connectivity index (χ0) is 15.8. The lowest BCUT2D eigenvalue weighted by Gasteiger charge is -2.35. The van der Waals surface area contributed by atoms with Crippen LogP contribution >= 0.6 is 11.3 Å². The highest BCUT2D eigenvalue weighted by atomic mass is 32.1. The summed E-state index contributed by atoms with van der Waals surface area (Å²) in [6, 6.07) is 0.0394. The summed E-state index contributed by atoms with van der Waals surface area (Å²) < 4.78 is 0. The fourth-order valence-electron chi connectivity index (χ4n) is 2.77. The molecule has 2 aliphatic rings. The summed E-state index contributed by atoms with van der Waals surface area (Å²) >= 11 is 1.46. The molecule has 1 saturated carbocycles. The molecule has 8 nitrogen and oxygen atoms in total. The first-order valence-corrected chi connectivity index (χ1v) is 8.73. The zero-order valence-electron chi connectivity index (χ0n) is 12.7. The normalized spacial score (nSPS) is 18.4. The molecule has 2 aromatic rings. The Morgan fingerprint density at radius 3 is 2.83 bits per heavy atom. The summed E-state index contributed by atoms with van der Waals surface area (Å²) in [5, 5.41) is 3.02. The predicted octanol–water partition coefficient (Wildman–Crippen LogP) is 0.910. The second-order valence-electron chi connectivity index (χ2n) is 6.02. The topological polar surface area (TPSA) is 100 Å². The standard InChI is InChI=1S/C14H19N7OS/c15-13-18-11(10-12(19-13)23-8-17-10)20-3-5-21(6-4-20)14(22)16-7-9-1-2-9/h8-9H,1-7H2,(H,16,22)(H2,15,18,19). The lowest BCUT2D eigenvalue weighted by Crippen LogP contribution is -2.52. The molecule has 0 spiro atoms. The van der Waals surface area contributed by atoms with Crippen molar-refractivity contribution < 1.29 is 4.79 Å². The Morgan fingerprint density at radius 2 is 2.09 bits per heavy atom. The van der Waals surface area contributed by atoms with Crippen LogP contribution in [0, 0.1) is 5.92 Å². The molecule has 1 aliphatic heterocycles. The lowest BCUT2D eigenvalue weighted by molar-refractivity contribution is 0.194. The SMILES string of the molecule is Nc1nc(N2CCN(C(=O)NCC3CC3)CC2)c2ncsc2n1. The summed E-state index contributed by atoms with van der Waals surface area (Å²) in [7, 11) is 0. The summed E-state index contributed by atoms with van der Waals surface area (Å²) in [6.45, 7) is 3.60. The predicted molar refractivity (Wildman–Crippen MR) is 89.5 cm³/mol. The van der Waals surface area contributed by atoms with Crippen LogP contribution < -0.4 is 16.0 Å². The van der Waals surface area contributed by atoms with Crippen molar-refractivity contribution in [1.82, 2.24) is 25.2 Å². The van der Waals surface area contributed by atoms with Crippen molar-refractivity contribution in [2.75, 3.05) is 43.4 Å². The van der Waals surface area contributed by atoms with Gasteiger partial charge in [0.2, 0.25) is 5.95 Å². The third-order valence-corrected chi connectivity index (χ3v) is 5.02. The molecular formula is C14H19N7OS. The Labute approximate surface area is 137 Å². The van der Waals surface area contributed by atoms with Gasteiger partial charge in [0.05, 0.1) is 5.51 Å². The number of hydrogen-bond donors (Lipinski definition) is 2. The summed E-state index contributed by atoms with van der Waals surface area (Å²) in [6.07, 6.45) is 2.49. The average Bonchev–Trinajstić information content (AvgIpc) is 3.28. The third-order valence-electron chi connectivity index (χ3n) is 4.30. The number of amides is 2. The van der Waals surface area contributed by atoms with Crippen molar-refractivity contribution in [2.24, 2.45) is 5.92 Å². The van der Waals surface area contributed by atoms with Gasteiger partial charge < -0.3 is 20.9 Å². The minimum atomic E-state index is 0.0394. The number of nitrogens with zero attached hydrogens (tertiary/aromatic N) is 5. The highest BCUT2D eigenvalue weighted by molar-refractivity contribution is 7.16. The number of carbonyl (C=O) groups excluding carboxylic acids is 1. The van der Waals surface area contributed by atoms with E-state index in [2.05, 4.69) is 25.2 Å². The van der Waals surface area contributed by atoms with Crippen molar-refractivity contribution in [3.05, 3.63) is 5.51 Å². The Kier molecular flexibility index (Phi) is 3.64. The number of nitrogens with one attached hydrogen (secondary N) is 1. The Hall–Kier alpha value is -2.16. The Balaban J connectivity index is 1.42. The molecule has 0 aromatic carbocycles. The van der Waals surface area contributed by atoms with Crippen LogP contribution in [0.4, 0.5) is 16.6 Å². The van der Waals surface area contributed by atoms with E-state index >= 15 is 0 Å². The number of nitrogens with two attached hydrogens (primary N) is 1. The van der Waals surface area contributed by atoms with Gasteiger partial charge in [-0.3, -0.25) is 0 Å². The van der Waals surface area contributed by atoms with Gasteiger partial charge in [0.25, 0.3) is 0 Å². The van der Waals surface area contributed by atoms with E-state index in [4.69, 9.17) is 5.73 Å². The van der Waals surface area contributed by atoms with Crippen molar-refractivity contribution in [3.63, 3.8) is 0 Å². The molecule has 2 amide bonds. The van der Waals surface area contributed by atoms with E-state index in [1.54, 1.807) is 5.51 Å². The molecule has 122 valence electrons. The largest absolute Gasteiger partial charge is 0.368 e. The molecule has 3 N–H and O–H groups in total. The van der Waals surface area contributed by atoms with Crippen LogP contribution in [0.1, 0.15) is 12.8 Å². The molecule has 2 aromatic heterocycles. The van der Waals surface area contributed by atoms with Crippen molar-refractivity contribution in [2.45, 2.75) is 12.8 Å². The number of nitrogen functional groups attached to an aromatic ring is 1. The first kappa shape index (κ1) is 14.4. The third kappa shape index (κ3) is 3.00. The number of hydrogen-bond acceptors (Lipinski definition) is 7. The monoisotopic (exact) mass is 333 g/mol. The number of thiazole rings is 1. The quantitative estimate of drug-likeness (QED) is 0.866. The van der Waals surface area contributed by atoms with Gasteiger partial charge in [-0.2, -0.15) is 4.98 Å². The second kappa shape index (κ2) is 5.80. The molecule has 9 heteroatoms. The maximum atomic E-state index is 12.1. The van der Waals surface area contributed by atoms with E-state index in [9.17, 15) is 4.79 Å². The minimum absolute atomic E-state index is 0.0394. The molecule has 3 heterocycles. The van der Waals surface area contributed by atoms with Gasteiger partial charge in [-0.05, 0) is 18.8 Å². The minimum Gasteiger partial charge on any atom is -0.368 e. The highest BCUT2D eigenvalue weighted by Crippen LogP contribution is 2.28. The van der Waals surface area contributed by atoms with Gasteiger partial charge in [0, 0.05) is 32.7 Å². The summed E-state index contributed by atoms with van der Waals surface area (Å²) in [5.74, 6) is 1.73. The first-order valence-electron chi connectivity index (χ1n) is 7.85. The molecule has 1 saturated heterocycles. The molecule has 0 unspecified atom stereocenters. The molecule has 23 heavy (non-hydrogen) atoms. The van der Waals surface area contributed by atoms with Crippen molar-refractivity contribution in [3.8, 4) is 0 Å². The molecule has 2 fully saturated rings. The van der Waals surface area contributed by atoms with Gasteiger partial charge in [-0.25, -0.2) is 14.8 Å². The van der Waals surface area contributed by atoms with E-state index in [1.165, 1.54) is 24.2 Å². The number of anilines is 2. The van der Waals surface area contributed by atoms with Gasteiger partial charge in [0.15, 0.2) is 10.6 Å². The second-order valence-corrected chi connectivity index (χ2v) is 6.85. The lowest BCUT2D eigenvalue weighted by atomic mass is 10.3. The molecule has 0 atom stereocenters.